The Morgan fingerprint density at radius 1 is 1.36 bits per heavy atom. The third kappa shape index (κ3) is 2.32. The zero-order valence-electron chi connectivity index (χ0n) is 12.3. The number of hydrogen-bond acceptors (Lipinski definition) is 5. The lowest BCUT2D eigenvalue weighted by atomic mass is 10.2. The number of rotatable bonds is 4. The van der Waals surface area contributed by atoms with Crippen LogP contribution in [-0.4, -0.2) is 43.7 Å². The molecule has 2 atom stereocenters. The summed E-state index contributed by atoms with van der Waals surface area (Å²) in [5.41, 5.74) is 1.95. The molecule has 0 aromatic carbocycles. The largest absolute Gasteiger partial charge is 0.476 e. The first-order valence-corrected chi connectivity index (χ1v) is 7.42. The lowest BCUT2D eigenvalue weighted by Gasteiger charge is -2.18. The Kier molecular flexibility index (Phi) is 2.88. The Labute approximate surface area is 127 Å². The molecule has 1 saturated carbocycles. The number of anilines is 1. The highest BCUT2D eigenvalue weighted by Crippen LogP contribution is 2.45. The van der Waals surface area contributed by atoms with Crippen LogP contribution in [0.2, 0.25) is 0 Å². The Hall–Kier alpha value is -2.44. The standard InChI is InChI=1S/C15H17N5O2/c1-9-12(4-19-7-13(14(21)22)17-8-19)3-16-15(18-9)20-5-10-2-11(10)6-20/h3,7-8,10-11H,2,4-6H2,1H3,(H,21,22). The summed E-state index contributed by atoms with van der Waals surface area (Å²) in [7, 11) is 0. The van der Waals surface area contributed by atoms with E-state index < -0.39 is 5.97 Å². The lowest BCUT2D eigenvalue weighted by molar-refractivity contribution is 0.0691. The fraction of sp³-hybridized carbons (Fsp3) is 0.467. The van der Waals surface area contributed by atoms with Crippen molar-refractivity contribution in [2.75, 3.05) is 18.0 Å². The number of piperidine rings is 1. The van der Waals surface area contributed by atoms with Crippen LogP contribution in [0.1, 0.15) is 28.2 Å². The van der Waals surface area contributed by atoms with Gasteiger partial charge in [0.25, 0.3) is 0 Å². The fourth-order valence-corrected chi connectivity index (χ4v) is 3.10. The summed E-state index contributed by atoms with van der Waals surface area (Å²) in [5.74, 6) is 1.49. The highest BCUT2D eigenvalue weighted by atomic mass is 16.4. The number of fused-ring (bicyclic) bond motifs is 1. The van der Waals surface area contributed by atoms with E-state index in [1.54, 1.807) is 4.57 Å². The third-order valence-electron chi connectivity index (χ3n) is 4.54. The molecular weight excluding hydrogens is 282 g/mol. The third-order valence-corrected chi connectivity index (χ3v) is 4.54. The number of imidazole rings is 1. The van der Waals surface area contributed by atoms with Crippen molar-refractivity contribution in [2.24, 2.45) is 11.8 Å². The molecule has 2 aromatic rings. The first-order valence-electron chi connectivity index (χ1n) is 7.42. The molecule has 0 amide bonds. The van der Waals surface area contributed by atoms with E-state index in [0.717, 1.165) is 42.1 Å². The minimum Gasteiger partial charge on any atom is -0.476 e. The van der Waals surface area contributed by atoms with E-state index in [0.29, 0.717) is 6.54 Å². The number of hydrogen-bond donors (Lipinski definition) is 1. The monoisotopic (exact) mass is 299 g/mol. The van der Waals surface area contributed by atoms with Gasteiger partial charge in [-0.3, -0.25) is 0 Å². The Morgan fingerprint density at radius 2 is 2.14 bits per heavy atom. The van der Waals surface area contributed by atoms with Gasteiger partial charge in [-0.2, -0.15) is 0 Å². The van der Waals surface area contributed by atoms with Crippen molar-refractivity contribution in [3.05, 3.63) is 35.7 Å². The Bertz CT molecular complexity index is 731. The maximum atomic E-state index is 10.8. The molecule has 114 valence electrons. The van der Waals surface area contributed by atoms with Gasteiger partial charge in [0, 0.05) is 36.7 Å². The molecular formula is C15H17N5O2. The number of nitrogens with zero attached hydrogens (tertiary/aromatic N) is 5. The topological polar surface area (TPSA) is 84.1 Å². The van der Waals surface area contributed by atoms with Crippen molar-refractivity contribution in [3.8, 4) is 0 Å². The average Bonchev–Trinajstić information content (AvgIpc) is 2.89. The molecule has 2 unspecified atom stereocenters. The quantitative estimate of drug-likeness (QED) is 0.912. The fourth-order valence-electron chi connectivity index (χ4n) is 3.10. The SMILES string of the molecule is Cc1nc(N2CC3CC3C2)ncc1Cn1cnc(C(=O)O)c1. The van der Waals surface area contributed by atoms with E-state index in [9.17, 15) is 4.79 Å². The van der Waals surface area contributed by atoms with Gasteiger partial charge in [0.2, 0.25) is 5.95 Å². The summed E-state index contributed by atoms with van der Waals surface area (Å²) in [4.78, 5) is 26.1. The summed E-state index contributed by atoms with van der Waals surface area (Å²) in [6.45, 7) is 4.64. The van der Waals surface area contributed by atoms with E-state index in [1.807, 2.05) is 13.1 Å². The van der Waals surface area contributed by atoms with Crippen LogP contribution in [0.25, 0.3) is 0 Å². The summed E-state index contributed by atoms with van der Waals surface area (Å²) >= 11 is 0. The maximum Gasteiger partial charge on any atom is 0.356 e. The van der Waals surface area contributed by atoms with Crippen LogP contribution >= 0.6 is 0 Å². The zero-order valence-corrected chi connectivity index (χ0v) is 12.3. The second kappa shape index (κ2) is 4.79. The van der Waals surface area contributed by atoms with Crippen molar-refractivity contribution < 1.29 is 9.90 Å². The van der Waals surface area contributed by atoms with Crippen molar-refractivity contribution >= 4 is 11.9 Å². The summed E-state index contributed by atoms with van der Waals surface area (Å²) in [6, 6.07) is 0. The summed E-state index contributed by atoms with van der Waals surface area (Å²) in [5, 5.41) is 8.90. The molecule has 1 aliphatic heterocycles. The van der Waals surface area contributed by atoms with Crippen LogP contribution in [0.4, 0.5) is 5.95 Å². The number of aromatic carboxylic acids is 1. The Balaban J connectivity index is 1.50. The van der Waals surface area contributed by atoms with Gasteiger partial charge in [0.05, 0.1) is 12.9 Å². The van der Waals surface area contributed by atoms with Crippen LogP contribution in [0, 0.1) is 18.8 Å². The Morgan fingerprint density at radius 3 is 2.77 bits per heavy atom. The van der Waals surface area contributed by atoms with Gasteiger partial charge in [-0.1, -0.05) is 0 Å². The smallest absolute Gasteiger partial charge is 0.356 e. The van der Waals surface area contributed by atoms with E-state index in [1.165, 1.54) is 18.9 Å². The molecule has 1 saturated heterocycles. The second-order valence-electron chi connectivity index (χ2n) is 6.18. The van der Waals surface area contributed by atoms with Crippen molar-refractivity contribution in [1.29, 1.82) is 0 Å². The highest BCUT2D eigenvalue weighted by Gasteiger charge is 2.45. The van der Waals surface area contributed by atoms with Gasteiger partial charge in [-0.15, -0.1) is 0 Å². The van der Waals surface area contributed by atoms with Gasteiger partial charge in [-0.05, 0) is 25.2 Å². The number of carbonyl (C=O) groups is 1. The molecule has 2 aliphatic rings. The number of carboxylic acids is 1. The number of aromatic nitrogens is 4. The molecule has 0 bridgehead atoms. The number of carboxylic acid groups (broad SMARTS) is 1. The van der Waals surface area contributed by atoms with Crippen molar-refractivity contribution in [2.45, 2.75) is 19.9 Å². The highest BCUT2D eigenvalue weighted by molar-refractivity contribution is 5.84. The minimum absolute atomic E-state index is 0.0477. The molecule has 22 heavy (non-hydrogen) atoms. The first-order chi connectivity index (χ1) is 10.6. The van der Waals surface area contributed by atoms with Gasteiger partial charge >= 0.3 is 5.97 Å². The molecule has 2 aromatic heterocycles. The molecule has 7 heteroatoms. The number of aryl methyl sites for hydroxylation is 1. The molecule has 0 radical (unpaired) electrons. The van der Waals surface area contributed by atoms with Crippen LogP contribution in [0.15, 0.2) is 18.7 Å². The normalized spacial score (nSPS) is 22.7. The molecule has 0 spiro atoms. The van der Waals surface area contributed by atoms with Gasteiger partial charge in [0.15, 0.2) is 5.69 Å². The van der Waals surface area contributed by atoms with Crippen LogP contribution in [-0.2, 0) is 6.54 Å². The zero-order chi connectivity index (χ0) is 15.3. The van der Waals surface area contributed by atoms with E-state index in [2.05, 4.69) is 19.9 Å². The summed E-state index contributed by atoms with van der Waals surface area (Å²) in [6.07, 6.45) is 6.23. The average molecular weight is 299 g/mol. The van der Waals surface area contributed by atoms with E-state index in [4.69, 9.17) is 5.11 Å². The van der Waals surface area contributed by atoms with Gasteiger partial charge in [-0.25, -0.2) is 19.7 Å². The minimum atomic E-state index is -1.02. The van der Waals surface area contributed by atoms with Crippen molar-refractivity contribution in [3.63, 3.8) is 0 Å². The van der Waals surface area contributed by atoms with Gasteiger partial charge < -0.3 is 14.6 Å². The first kappa shape index (κ1) is 13.2. The predicted molar refractivity (Wildman–Crippen MR) is 78.9 cm³/mol. The van der Waals surface area contributed by atoms with E-state index >= 15 is 0 Å². The van der Waals surface area contributed by atoms with Crippen LogP contribution in [0.5, 0.6) is 0 Å². The maximum absolute atomic E-state index is 10.8. The second-order valence-corrected chi connectivity index (χ2v) is 6.18. The van der Waals surface area contributed by atoms with Crippen LogP contribution < -0.4 is 4.90 Å². The lowest BCUT2D eigenvalue weighted by Crippen LogP contribution is -2.24. The molecule has 2 fully saturated rings. The van der Waals surface area contributed by atoms with Gasteiger partial charge in [0.1, 0.15) is 0 Å². The molecule has 1 N–H and O–H groups in total. The molecule has 1 aliphatic carbocycles. The molecule has 3 heterocycles. The molecule has 4 rings (SSSR count). The van der Waals surface area contributed by atoms with E-state index in [-0.39, 0.29) is 5.69 Å². The van der Waals surface area contributed by atoms with Crippen LogP contribution in [0.3, 0.4) is 0 Å². The predicted octanol–water partition coefficient (Wildman–Crippen LogP) is 1.18. The van der Waals surface area contributed by atoms with Crippen molar-refractivity contribution in [1.82, 2.24) is 19.5 Å². The summed E-state index contributed by atoms with van der Waals surface area (Å²) < 4.78 is 1.74. The molecule has 7 nitrogen and oxygen atoms in total.